The van der Waals surface area contributed by atoms with Gasteiger partial charge < -0.3 is 30.3 Å². The smallest absolute Gasteiger partial charge is 0.490 e. The predicted molar refractivity (Wildman–Crippen MR) is 140 cm³/mol. The van der Waals surface area contributed by atoms with E-state index in [0.717, 1.165) is 25.9 Å². The molecule has 1 amide bonds. The zero-order valence-corrected chi connectivity index (χ0v) is 22.2. The maximum Gasteiger partial charge on any atom is 0.490 e. The average molecular weight is 569 g/mol. The van der Waals surface area contributed by atoms with Gasteiger partial charge in [0.15, 0.2) is 5.78 Å². The minimum absolute atomic E-state index is 0.0488. The standard InChI is InChI=1S/C26H34N2O5.C2HF3O2/c1-33-22-14-10-19(11-15-22)24(30)6-2-3-7-25(31)27-23(18-28-16-4-5-17-28)26(32)20-8-12-21(29)13-9-20;3-2(4,5)1(6)7/h8-15,23,26,29,32H,2-7,16-18H2,1H3,(H,27,31);(H,6,7)/t23-,26-;/m1./s1. The number of unbranched alkanes of at least 4 members (excludes halogenated alkanes) is 1. The van der Waals surface area contributed by atoms with Crippen LogP contribution in [-0.4, -0.2) is 76.8 Å². The first-order valence-electron chi connectivity index (χ1n) is 12.9. The number of carbonyl (C=O) groups excluding carboxylic acids is 2. The van der Waals surface area contributed by atoms with Crippen LogP contribution in [0.5, 0.6) is 11.5 Å². The summed E-state index contributed by atoms with van der Waals surface area (Å²) < 4.78 is 36.8. The molecule has 12 heteroatoms. The number of amides is 1. The van der Waals surface area contributed by atoms with Gasteiger partial charge in [-0.3, -0.25) is 9.59 Å². The average Bonchev–Trinajstić information content (AvgIpc) is 3.44. The molecule has 0 bridgehead atoms. The second kappa shape index (κ2) is 15.8. The lowest BCUT2D eigenvalue weighted by Crippen LogP contribution is -2.46. The van der Waals surface area contributed by atoms with E-state index < -0.39 is 24.3 Å². The van der Waals surface area contributed by atoms with Crippen molar-refractivity contribution in [1.82, 2.24) is 10.2 Å². The normalized spacial score (nSPS) is 14.9. The van der Waals surface area contributed by atoms with Gasteiger partial charge in [0.05, 0.1) is 13.2 Å². The molecular formula is C28H35F3N2O7. The number of alkyl halides is 3. The number of likely N-dealkylation sites (tertiary alicyclic amines) is 1. The molecule has 2 atom stereocenters. The molecule has 0 spiro atoms. The van der Waals surface area contributed by atoms with Gasteiger partial charge >= 0.3 is 12.1 Å². The van der Waals surface area contributed by atoms with Crippen LogP contribution >= 0.6 is 0 Å². The quantitative estimate of drug-likeness (QED) is 0.222. The van der Waals surface area contributed by atoms with Crippen LogP contribution in [0.3, 0.4) is 0 Å². The van der Waals surface area contributed by atoms with Crippen LogP contribution in [-0.2, 0) is 9.59 Å². The Morgan fingerprint density at radius 3 is 2.05 bits per heavy atom. The first kappa shape index (κ1) is 32.6. The Hall–Kier alpha value is -3.64. The van der Waals surface area contributed by atoms with Crippen molar-refractivity contribution in [2.45, 2.75) is 56.8 Å². The molecule has 1 aliphatic rings. The minimum Gasteiger partial charge on any atom is -0.508 e. The topological polar surface area (TPSA) is 136 Å². The number of aliphatic carboxylic acids is 1. The molecule has 0 saturated carbocycles. The Kier molecular flexibility index (Phi) is 12.9. The van der Waals surface area contributed by atoms with Crippen molar-refractivity contribution in [3.63, 3.8) is 0 Å². The highest BCUT2D eigenvalue weighted by Crippen LogP contribution is 2.22. The largest absolute Gasteiger partial charge is 0.508 e. The summed E-state index contributed by atoms with van der Waals surface area (Å²) in [7, 11) is 1.58. The van der Waals surface area contributed by atoms with Crippen LogP contribution in [0.25, 0.3) is 0 Å². The van der Waals surface area contributed by atoms with Crippen LogP contribution < -0.4 is 10.1 Å². The molecule has 0 unspecified atom stereocenters. The zero-order chi connectivity index (χ0) is 29.7. The first-order valence-corrected chi connectivity index (χ1v) is 12.9. The monoisotopic (exact) mass is 568 g/mol. The zero-order valence-electron chi connectivity index (χ0n) is 22.2. The first-order chi connectivity index (χ1) is 18.9. The number of phenolic OH excluding ortho intramolecular Hbond substituents is 1. The number of halogens is 3. The minimum atomic E-state index is -5.08. The van der Waals surface area contributed by atoms with Crippen molar-refractivity contribution >= 4 is 17.7 Å². The summed E-state index contributed by atoms with van der Waals surface area (Å²) in [4.78, 5) is 36.1. The lowest BCUT2D eigenvalue weighted by molar-refractivity contribution is -0.192. The second-order valence-electron chi connectivity index (χ2n) is 9.38. The number of ether oxygens (including phenoxy) is 1. The molecule has 1 saturated heterocycles. The van der Waals surface area contributed by atoms with E-state index in [1.54, 1.807) is 43.5 Å². The summed E-state index contributed by atoms with van der Waals surface area (Å²) in [5, 5.41) is 30.6. The molecule has 2 aromatic rings. The molecule has 1 fully saturated rings. The van der Waals surface area contributed by atoms with Crippen LogP contribution in [0.15, 0.2) is 48.5 Å². The third kappa shape index (κ3) is 11.2. The highest BCUT2D eigenvalue weighted by Gasteiger charge is 2.38. The number of carboxylic acid groups (broad SMARTS) is 1. The number of benzene rings is 2. The van der Waals surface area contributed by atoms with Gasteiger partial charge in [-0.25, -0.2) is 4.79 Å². The van der Waals surface area contributed by atoms with Crippen molar-refractivity contribution in [3.05, 3.63) is 59.7 Å². The Bertz CT molecular complexity index is 1090. The van der Waals surface area contributed by atoms with E-state index in [4.69, 9.17) is 14.6 Å². The molecule has 40 heavy (non-hydrogen) atoms. The van der Waals surface area contributed by atoms with Gasteiger partial charge in [0.1, 0.15) is 17.6 Å². The molecule has 9 nitrogen and oxygen atoms in total. The lowest BCUT2D eigenvalue weighted by Gasteiger charge is -2.28. The van der Waals surface area contributed by atoms with E-state index in [9.17, 15) is 33.0 Å². The number of aliphatic hydroxyl groups excluding tert-OH is 1. The number of aromatic hydroxyl groups is 1. The number of carboxylic acids is 1. The van der Waals surface area contributed by atoms with Gasteiger partial charge in [0.2, 0.25) is 5.91 Å². The van der Waals surface area contributed by atoms with Gasteiger partial charge in [-0.05, 0) is 80.7 Å². The van der Waals surface area contributed by atoms with Crippen molar-refractivity contribution in [1.29, 1.82) is 0 Å². The van der Waals surface area contributed by atoms with Crippen molar-refractivity contribution < 1.29 is 47.6 Å². The molecule has 0 aliphatic carbocycles. The maximum atomic E-state index is 12.6. The number of ketones is 1. The van der Waals surface area contributed by atoms with Crippen LogP contribution in [0.1, 0.15) is 60.6 Å². The van der Waals surface area contributed by atoms with Crippen molar-refractivity contribution in [2.24, 2.45) is 0 Å². The molecule has 220 valence electrons. The van der Waals surface area contributed by atoms with Gasteiger partial charge in [0.25, 0.3) is 0 Å². The summed E-state index contributed by atoms with van der Waals surface area (Å²) in [5.74, 6) is -1.99. The third-order valence-corrected chi connectivity index (χ3v) is 6.33. The molecule has 1 heterocycles. The van der Waals surface area contributed by atoms with E-state index in [-0.39, 0.29) is 17.4 Å². The van der Waals surface area contributed by atoms with Crippen LogP contribution in [0, 0.1) is 0 Å². The number of carbonyl (C=O) groups is 3. The molecule has 4 N–H and O–H groups in total. The SMILES string of the molecule is COc1ccc(C(=O)CCCCC(=O)N[C@H](CN2CCCC2)[C@H](O)c2ccc(O)cc2)cc1.O=C(O)C(F)(F)F. The molecule has 0 radical (unpaired) electrons. The number of hydrogen-bond acceptors (Lipinski definition) is 7. The summed E-state index contributed by atoms with van der Waals surface area (Å²) in [6, 6.07) is 13.0. The molecular weight excluding hydrogens is 533 g/mol. The maximum absolute atomic E-state index is 12.6. The fourth-order valence-electron chi connectivity index (χ4n) is 4.14. The summed E-state index contributed by atoms with van der Waals surface area (Å²) in [5.41, 5.74) is 1.30. The molecule has 2 aromatic carbocycles. The van der Waals surface area contributed by atoms with Gasteiger partial charge in [-0.2, -0.15) is 13.2 Å². The van der Waals surface area contributed by atoms with E-state index in [1.807, 2.05) is 0 Å². The Balaban J connectivity index is 0.000000708. The third-order valence-electron chi connectivity index (χ3n) is 6.33. The van der Waals surface area contributed by atoms with Crippen molar-refractivity contribution in [2.75, 3.05) is 26.7 Å². The molecule has 0 aromatic heterocycles. The number of nitrogens with zero attached hydrogens (tertiary/aromatic N) is 1. The number of methoxy groups -OCH3 is 1. The highest BCUT2D eigenvalue weighted by atomic mass is 19.4. The van der Waals surface area contributed by atoms with E-state index in [2.05, 4.69) is 10.2 Å². The van der Waals surface area contributed by atoms with Crippen LogP contribution in [0.4, 0.5) is 13.2 Å². The number of nitrogens with one attached hydrogen (secondary N) is 1. The van der Waals surface area contributed by atoms with E-state index >= 15 is 0 Å². The fraction of sp³-hybridized carbons (Fsp3) is 0.464. The second-order valence-corrected chi connectivity index (χ2v) is 9.38. The number of hydrogen-bond donors (Lipinski definition) is 4. The number of aliphatic hydroxyl groups is 1. The van der Waals surface area contributed by atoms with Gasteiger partial charge in [-0.15, -0.1) is 0 Å². The van der Waals surface area contributed by atoms with E-state index in [1.165, 1.54) is 12.1 Å². The summed E-state index contributed by atoms with van der Waals surface area (Å²) in [6.45, 7) is 2.49. The van der Waals surface area contributed by atoms with Gasteiger partial charge in [0, 0.05) is 24.9 Å². The Labute approximate surface area is 230 Å². The fourth-order valence-corrected chi connectivity index (χ4v) is 4.14. The number of phenols is 1. The number of rotatable bonds is 12. The molecule has 1 aliphatic heterocycles. The highest BCUT2D eigenvalue weighted by molar-refractivity contribution is 5.96. The Morgan fingerprint density at radius 2 is 1.52 bits per heavy atom. The predicted octanol–water partition coefficient (Wildman–Crippen LogP) is 4.09. The summed E-state index contributed by atoms with van der Waals surface area (Å²) in [6.07, 6.45) is -1.81. The van der Waals surface area contributed by atoms with Crippen molar-refractivity contribution in [3.8, 4) is 11.5 Å². The lowest BCUT2D eigenvalue weighted by atomic mass is 10.0. The Morgan fingerprint density at radius 1 is 0.975 bits per heavy atom. The van der Waals surface area contributed by atoms with Crippen LogP contribution in [0.2, 0.25) is 0 Å². The number of Topliss-reactive ketones (excluding diaryl/α,β-unsaturated/α-hetero) is 1. The summed E-state index contributed by atoms with van der Waals surface area (Å²) >= 11 is 0. The van der Waals surface area contributed by atoms with E-state index in [0.29, 0.717) is 49.1 Å². The molecule has 3 rings (SSSR count). The van der Waals surface area contributed by atoms with Gasteiger partial charge in [-0.1, -0.05) is 12.1 Å².